The fraction of sp³-hybridized carbons (Fsp3) is 0.542. The number of aryl methyl sites for hydroxylation is 1. The molecule has 2 aromatic rings. The zero-order valence-corrected chi connectivity index (χ0v) is 41.8. The lowest BCUT2D eigenvalue weighted by atomic mass is 9.84. The first-order valence-corrected chi connectivity index (χ1v) is 24.6. The van der Waals surface area contributed by atoms with Gasteiger partial charge in [-0.15, -0.1) is 0 Å². The van der Waals surface area contributed by atoms with E-state index in [1.807, 2.05) is 30.3 Å². The molecular weight excluding hydrogens is 960 g/mol. The van der Waals surface area contributed by atoms with Gasteiger partial charge in [-0.2, -0.15) is 0 Å². The van der Waals surface area contributed by atoms with Gasteiger partial charge in [-0.3, -0.25) is 48.1 Å². The van der Waals surface area contributed by atoms with Gasteiger partial charge in [-0.05, 0) is 73.6 Å². The van der Waals surface area contributed by atoms with Crippen LogP contribution in [-0.4, -0.2) is 102 Å². The highest BCUT2D eigenvalue weighted by molar-refractivity contribution is 6.42. The van der Waals surface area contributed by atoms with Crippen molar-refractivity contribution >= 4 is 82.3 Å². The molecule has 1 aliphatic carbocycles. The molecule has 6 atom stereocenters. The number of carbonyl (C=O) groups is 9. The number of carbonyl (C=O) groups excluding carboxylic acids is 9. The van der Waals surface area contributed by atoms with Crippen molar-refractivity contribution < 1.29 is 43.2 Å². The van der Waals surface area contributed by atoms with E-state index in [1.165, 1.54) is 12.1 Å². The van der Waals surface area contributed by atoms with Crippen molar-refractivity contribution in [3.8, 4) is 0 Å². The third-order valence-corrected chi connectivity index (χ3v) is 12.5. The molecule has 0 aromatic heterocycles. The molecule has 3 rings (SSSR count). The number of amides is 9. The number of hydrogen-bond acceptors (Lipinski definition) is 10. The van der Waals surface area contributed by atoms with Crippen LogP contribution in [0.3, 0.4) is 0 Å². The van der Waals surface area contributed by atoms with Crippen LogP contribution in [0.25, 0.3) is 0 Å². The Balaban J connectivity index is 1.87. The van der Waals surface area contributed by atoms with Gasteiger partial charge < -0.3 is 60.6 Å². The Bertz CT molecular complexity index is 2190. The van der Waals surface area contributed by atoms with Crippen LogP contribution < -0.4 is 60.6 Å². The van der Waals surface area contributed by atoms with Gasteiger partial charge in [0.25, 0.3) is 0 Å². The summed E-state index contributed by atoms with van der Waals surface area (Å²) in [5, 5.41) is 16.2. The SMILES string of the molecule is CC(C)C[C@H](NC(=O)[C@H](CC(N)=O)NC(=O)[C@H](CC1CCCCC1)NC(=O)[C@H](CCC(N)=O)NC(=O)[C@H](CCCN=C(N)N)NC(=O)CCc1ccccc1)C(=O)N[C@@H](Cc1ccc(Cl)c(Cl)c1)C(N)=O. The molecule has 1 fully saturated rings. The molecule has 0 heterocycles. The molecule has 0 unspecified atom stereocenters. The number of nitrogens with two attached hydrogens (primary N) is 5. The Morgan fingerprint density at radius 1 is 0.606 bits per heavy atom. The van der Waals surface area contributed by atoms with Gasteiger partial charge in [-0.1, -0.05) is 106 Å². The lowest BCUT2D eigenvalue weighted by Crippen LogP contribution is -2.60. The topological polar surface area (TPSA) is 368 Å². The predicted octanol–water partition coefficient (Wildman–Crippen LogP) is 0.774. The summed E-state index contributed by atoms with van der Waals surface area (Å²) in [6.45, 7) is 3.70. The van der Waals surface area contributed by atoms with Gasteiger partial charge in [0.05, 0.1) is 16.5 Å². The number of hydrogen-bond donors (Lipinski definition) is 11. The smallest absolute Gasteiger partial charge is 0.243 e. The van der Waals surface area contributed by atoms with Gasteiger partial charge in [-0.25, -0.2) is 0 Å². The number of guanidine groups is 1. The van der Waals surface area contributed by atoms with Crippen molar-refractivity contribution in [3.05, 3.63) is 69.7 Å². The normalized spacial score (nSPS) is 15.1. The maximum atomic E-state index is 14.3. The number of halogens is 2. The molecule has 0 spiro atoms. The monoisotopic (exact) mass is 1030 g/mol. The van der Waals surface area contributed by atoms with Crippen molar-refractivity contribution in [1.82, 2.24) is 31.9 Å². The minimum atomic E-state index is -1.65. The molecule has 390 valence electrons. The van der Waals surface area contributed by atoms with E-state index in [4.69, 9.17) is 51.9 Å². The summed E-state index contributed by atoms with van der Waals surface area (Å²) < 4.78 is 0. The average molecular weight is 1030 g/mol. The van der Waals surface area contributed by atoms with Crippen LogP contribution in [0.4, 0.5) is 0 Å². The largest absolute Gasteiger partial charge is 0.370 e. The minimum absolute atomic E-state index is 0.0442. The van der Waals surface area contributed by atoms with E-state index in [9.17, 15) is 43.2 Å². The van der Waals surface area contributed by atoms with Gasteiger partial charge in [0.1, 0.15) is 36.3 Å². The Kier molecular flexibility index (Phi) is 25.1. The van der Waals surface area contributed by atoms with Gasteiger partial charge in [0, 0.05) is 25.8 Å². The Morgan fingerprint density at radius 2 is 1.17 bits per heavy atom. The van der Waals surface area contributed by atoms with E-state index in [2.05, 4.69) is 36.9 Å². The van der Waals surface area contributed by atoms with Crippen LogP contribution in [0.2, 0.25) is 10.0 Å². The lowest BCUT2D eigenvalue weighted by molar-refractivity contribution is -0.136. The van der Waals surface area contributed by atoms with Crippen molar-refractivity contribution in [3.63, 3.8) is 0 Å². The molecule has 9 amide bonds. The summed E-state index contributed by atoms with van der Waals surface area (Å²) in [4.78, 5) is 124. The van der Waals surface area contributed by atoms with Crippen LogP contribution in [0, 0.1) is 11.8 Å². The summed E-state index contributed by atoms with van der Waals surface area (Å²) in [6.07, 6.45) is 3.63. The summed E-state index contributed by atoms with van der Waals surface area (Å²) in [7, 11) is 0. The lowest BCUT2D eigenvalue weighted by Gasteiger charge is -2.30. The summed E-state index contributed by atoms with van der Waals surface area (Å²) in [6, 6.07) is 5.76. The van der Waals surface area contributed by atoms with Gasteiger partial charge in [0.2, 0.25) is 53.2 Å². The van der Waals surface area contributed by atoms with E-state index in [1.54, 1.807) is 19.9 Å². The second-order valence-electron chi connectivity index (χ2n) is 18.3. The quantitative estimate of drug-likeness (QED) is 0.0295. The Labute approximate surface area is 424 Å². The zero-order chi connectivity index (χ0) is 52.6. The summed E-state index contributed by atoms with van der Waals surface area (Å²) in [5.74, 6) is -7.76. The fourth-order valence-electron chi connectivity index (χ4n) is 8.08. The van der Waals surface area contributed by atoms with Gasteiger partial charge in [0.15, 0.2) is 5.96 Å². The van der Waals surface area contributed by atoms with E-state index in [0.29, 0.717) is 12.0 Å². The molecule has 1 aliphatic rings. The number of aliphatic imine (C=N–C) groups is 1. The molecule has 0 bridgehead atoms. The highest BCUT2D eigenvalue weighted by Crippen LogP contribution is 2.28. The van der Waals surface area contributed by atoms with Crippen LogP contribution >= 0.6 is 23.2 Å². The van der Waals surface area contributed by atoms with Crippen LogP contribution in [0.5, 0.6) is 0 Å². The fourth-order valence-corrected chi connectivity index (χ4v) is 8.41. The van der Waals surface area contributed by atoms with Crippen molar-refractivity contribution in [1.29, 1.82) is 0 Å². The van der Waals surface area contributed by atoms with E-state index >= 15 is 0 Å². The molecular formula is C48H70Cl2N12O9. The highest BCUT2D eigenvalue weighted by Gasteiger charge is 2.35. The van der Waals surface area contributed by atoms with Crippen molar-refractivity contribution in [2.24, 2.45) is 45.5 Å². The van der Waals surface area contributed by atoms with Crippen LogP contribution in [0.1, 0.15) is 108 Å². The third kappa shape index (κ3) is 22.4. The molecule has 21 nitrogen and oxygen atoms in total. The summed E-state index contributed by atoms with van der Waals surface area (Å²) in [5.41, 5.74) is 29.1. The number of primary amides is 3. The third-order valence-electron chi connectivity index (χ3n) is 11.8. The second-order valence-corrected chi connectivity index (χ2v) is 19.1. The van der Waals surface area contributed by atoms with E-state index in [0.717, 1.165) is 37.7 Å². The first-order valence-electron chi connectivity index (χ1n) is 23.8. The number of benzene rings is 2. The van der Waals surface area contributed by atoms with Gasteiger partial charge >= 0.3 is 0 Å². The molecule has 0 saturated heterocycles. The Morgan fingerprint density at radius 3 is 1.76 bits per heavy atom. The van der Waals surface area contributed by atoms with Crippen molar-refractivity contribution in [2.75, 3.05) is 6.54 Å². The maximum absolute atomic E-state index is 14.3. The standard InChI is InChI=1S/C48H70Cl2N12O9/c1-27(2)22-36(45(69)59-35(42(53)66)25-30-15-17-31(49)32(50)23-30)60-47(71)38(26-40(52)64)62-46(70)37(24-29-12-7-4-8-13-29)61-44(68)34(18-19-39(51)63)58-43(67)33(14-9-21-56-48(54)55)57-41(65)20-16-28-10-5-3-6-11-28/h3,5-6,10-11,15,17,23,27,29,33-38H,4,7-9,12-14,16,18-22,24-26H2,1-2H3,(H2,51,63)(H2,52,64)(H2,53,66)(H,57,65)(H,58,67)(H,59,69)(H,60,71)(H,61,68)(H,62,70)(H4,54,55,56)/t33-,34-,35-,36-,37-,38-/m0/s1. The molecule has 0 aliphatic heterocycles. The van der Waals surface area contributed by atoms with E-state index < -0.39 is 95.8 Å². The zero-order valence-electron chi connectivity index (χ0n) is 40.3. The number of nitrogens with zero attached hydrogens (tertiary/aromatic N) is 1. The van der Waals surface area contributed by atoms with E-state index in [-0.39, 0.29) is 85.8 Å². The molecule has 0 radical (unpaired) electrons. The molecule has 1 saturated carbocycles. The molecule has 71 heavy (non-hydrogen) atoms. The first kappa shape index (κ1) is 58.8. The highest BCUT2D eigenvalue weighted by atomic mass is 35.5. The first-order chi connectivity index (χ1) is 33.6. The Hall–Kier alpha value is -6.48. The van der Waals surface area contributed by atoms with Crippen LogP contribution in [0.15, 0.2) is 53.5 Å². The predicted molar refractivity (Wildman–Crippen MR) is 269 cm³/mol. The maximum Gasteiger partial charge on any atom is 0.243 e. The molecule has 23 heteroatoms. The van der Waals surface area contributed by atoms with Crippen LogP contribution in [-0.2, 0) is 56.0 Å². The minimum Gasteiger partial charge on any atom is -0.370 e. The molecule has 16 N–H and O–H groups in total. The summed E-state index contributed by atoms with van der Waals surface area (Å²) >= 11 is 12.2. The number of nitrogens with one attached hydrogen (secondary N) is 6. The van der Waals surface area contributed by atoms with Crippen molar-refractivity contribution in [2.45, 2.75) is 146 Å². The average Bonchev–Trinajstić information content (AvgIpc) is 3.30. The number of rotatable bonds is 30. The second kappa shape index (κ2) is 30.3. The molecule has 2 aromatic carbocycles.